The second-order valence-corrected chi connectivity index (χ2v) is 5.79. The van der Waals surface area contributed by atoms with Crippen LogP contribution in [0.3, 0.4) is 0 Å². The van der Waals surface area contributed by atoms with E-state index in [1.807, 2.05) is 11.2 Å². The topological polar surface area (TPSA) is 79.0 Å². The molecule has 1 aromatic rings. The van der Waals surface area contributed by atoms with E-state index in [-0.39, 0.29) is 5.69 Å². The third-order valence-electron chi connectivity index (χ3n) is 2.83. The van der Waals surface area contributed by atoms with Crippen LogP contribution < -0.4 is 0 Å². The molecule has 0 spiro atoms. The summed E-state index contributed by atoms with van der Waals surface area (Å²) in [5, 5.41) is 20.2. The summed E-state index contributed by atoms with van der Waals surface area (Å²) < 4.78 is 0. The molecule has 0 saturated heterocycles. The maximum Gasteiger partial charge on any atom is 0.269 e. The van der Waals surface area contributed by atoms with E-state index in [0.717, 1.165) is 17.9 Å². The number of hydrogen-bond acceptors (Lipinski definition) is 5. The number of aliphatic hydroxyl groups excluding tert-OH is 1. The van der Waals surface area contributed by atoms with Crippen LogP contribution in [-0.4, -0.2) is 52.5 Å². The molecule has 0 amide bonds. The number of hydrogen-bond donors (Lipinski definition) is 1. The largest absolute Gasteiger partial charge is 0.392 e. The van der Waals surface area contributed by atoms with Crippen molar-refractivity contribution in [3.63, 3.8) is 0 Å². The van der Waals surface area contributed by atoms with Crippen LogP contribution in [0.4, 0.5) is 11.4 Å². The average Bonchev–Trinajstić information content (AvgIpc) is 2.42. The highest BCUT2D eigenvalue weighted by Crippen LogP contribution is 2.23. The number of non-ortho nitro benzene ring substituents is 1. The molecule has 1 unspecified atom stereocenters. The van der Waals surface area contributed by atoms with Gasteiger partial charge in [0.05, 0.1) is 23.1 Å². The summed E-state index contributed by atoms with van der Waals surface area (Å²) in [6.45, 7) is 4.83. The third-order valence-corrected chi connectivity index (χ3v) is 3.42. The predicted molar refractivity (Wildman–Crippen MR) is 87.6 cm³/mol. The standard InChI is InChI=1S/C14H21N3O3S/c1-11-8-13(17(19)20)4-5-14(11)15-10-16(6-7-21-3)9-12(2)18/h4-5,8,10,12,18H,6-7,9H2,1-3H3. The molecule has 0 aromatic heterocycles. The quantitative estimate of drug-likeness (QED) is 0.345. The summed E-state index contributed by atoms with van der Waals surface area (Å²) in [5.41, 5.74) is 1.51. The van der Waals surface area contributed by atoms with E-state index in [2.05, 4.69) is 4.99 Å². The molecule has 0 fully saturated rings. The van der Waals surface area contributed by atoms with E-state index in [1.54, 1.807) is 38.0 Å². The highest BCUT2D eigenvalue weighted by atomic mass is 32.2. The number of aryl methyl sites for hydroxylation is 1. The van der Waals surface area contributed by atoms with Gasteiger partial charge in [-0.3, -0.25) is 10.1 Å². The number of nitro groups is 1. The molecule has 0 aliphatic heterocycles. The molecule has 0 heterocycles. The molecule has 6 nitrogen and oxygen atoms in total. The van der Waals surface area contributed by atoms with Gasteiger partial charge in [-0.2, -0.15) is 11.8 Å². The molecule has 0 saturated carbocycles. The van der Waals surface area contributed by atoms with Gasteiger partial charge in [0.2, 0.25) is 0 Å². The summed E-state index contributed by atoms with van der Waals surface area (Å²) in [7, 11) is 0. The van der Waals surface area contributed by atoms with E-state index in [9.17, 15) is 15.2 Å². The summed E-state index contributed by atoms with van der Waals surface area (Å²) in [6, 6.07) is 4.59. The van der Waals surface area contributed by atoms with Gasteiger partial charge in [-0.15, -0.1) is 0 Å². The Morgan fingerprint density at radius 2 is 2.29 bits per heavy atom. The number of aliphatic hydroxyl groups is 1. The fourth-order valence-corrected chi connectivity index (χ4v) is 2.20. The maximum atomic E-state index is 10.7. The molecule has 0 bridgehead atoms. The molecule has 0 aliphatic carbocycles. The molecule has 1 atom stereocenters. The number of thioether (sulfide) groups is 1. The van der Waals surface area contributed by atoms with Crippen molar-refractivity contribution < 1.29 is 10.0 Å². The van der Waals surface area contributed by atoms with E-state index < -0.39 is 11.0 Å². The second kappa shape index (κ2) is 8.63. The Hall–Kier alpha value is -1.60. The first-order valence-electron chi connectivity index (χ1n) is 6.64. The van der Waals surface area contributed by atoms with Gasteiger partial charge in [-0.1, -0.05) is 0 Å². The summed E-state index contributed by atoms with van der Waals surface area (Å²) in [6.07, 6.45) is 3.28. The van der Waals surface area contributed by atoms with Crippen molar-refractivity contribution >= 4 is 29.5 Å². The molecule has 1 N–H and O–H groups in total. The molecule has 116 valence electrons. The number of nitro benzene ring substituents is 1. The molecule has 1 aromatic carbocycles. The predicted octanol–water partition coefficient (Wildman–Crippen LogP) is 2.61. The first-order valence-corrected chi connectivity index (χ1v) is 8.03. The van der Waals surface area contributed by atoms with E-state index >= 15 is 0 Å². The lowest BCUT2D eigenvalue weighted by atomic mass is 10.2. The van der Waals surface area contributed by atoms with Crippen LogP contribution >= 0.6 is 11.8 Å². The van der Waals surface area contributed by atoms with Crippen molar-refractivity contribution in [1.29, 1.82) is 0 Å². The summed E-state index contributed by atoms with van der Waals surface area (Å²) in [5.74, 6) is 0.942. The van der Waals surface area contributed by atoms with Crippen molar-refractivity contribution in [3.05, 3.63) is 33.9 Å². The lowest BCUT2D eigenvalue weighted by Gasteiger charge is -2.20. The summed E-state index contributed by atoms with van der Waals surface area (Å²) >= 11 is 1.73. The lowest BCUT2D eigenvalue weighted by Crippen LogP contribution is -2.31. The second-order valence-electron chi connectivity index (χ2n) is 4.81. The number of rotatable bonds is 8. The van der Waals surface area contributed by atoms with Gasteiger partial charge in [0, 0.05) is 31.0 Å². The minimum Gasteiger partial charge on any atom is -0.392 e. The lowest BCUT2D eigenvalue weighted by molar-refractivity contribution is -0.384. The highest BCUT2D eigenvalue weighted by Gasteiger charge is 2.08. The molecule has 1 rings (SSSR count). The van der Waals surface area contributed by atoms with Crippen molar-refractivity contribution in [1.82, 2.24) is 4.90 Å². The fourth-order valence-electron chi connectivity index (χ4n) is 1.79. The normalized spacial score (nSPS) is 12.6. The molecule has 0 aliphatic rings. The van der Waals surface area contributed by atoms with Crippen LogP contribution in [0.5, 0.6) is 0 Å². The Labute approximate surface area is 129 Å². The van der Waals surface area contributed by atoms with Crippen LogP contribution in [0.25, 0.3) is 0 Å². The Morgan fingerprint density at radius 3 is 2.81 bits per heavy atom. The molecular formula is C14H21N3O3S. The SMILES string of the molecule is CSCCN(C=Nc1ccc([N+](=O)[O-])cc1C)CC(C)O. The van der Waals surface area contributed by atoms with Crippen LogP contribution in [0.2, 0.25) is 0 Å². The monoisotopic (exact) mass is 311 g/mol. The first kappa shape index (κ1) is 17.5. The van der Waals surface area contributed by atoms with Crippen molar-refractivity contribution in [3.8, 4) is 0 Å². The minimum atomic E-state index is -0.434. The molecule has 21 heavy (non-hydrogen) atoms. The average molecular weight is 311 g/mol. The van der Waals surface area contributed by atoms with Gasteiger partial charge in [0.1, 0.15) is 0 Å². The first-order chi connectivity index (χ1) is 9.93. The Balaban J connectivity index is 2.82. The van der Waals surface area contributed by atoms with Crippen LogP contribution in [-0.2, 0) is 0 Å². The van der Waals surface area contributed by atoms with E-state index in [4.69, 9.17) is 0 Å². The minimum absolute atomic E-state index is 0.0645. The van der Waals surface area contributed by atoms with Gasteiger partial charge >= 0.3 is 0 Å². The van der Waals surface area contributed by atoms with Crippen molar-refractivity contribution in [2.75, 3.05) is 25.1 Å². The van der Waals surface area contributed by atoms with Gasteiger partial charge < -0.3 is 10.0 Å². The zero-order valence-electron chi connectivity index (χ0n) is 12.5. The number of nitrogens with zero attached hydrogens (tertiary/aromatic N) is 3. The van der Waals surface area contributed by atoms with Gasteiger partial charge in [0.15, 0.2) is 0 Å². The molecule has 7 heteroatoms. The summed E-state index contributed by atoms with van der Waals surface area (Å²) in [4.78, 5) is 16.6. The van der Waals surface area contributed by atoms with Gasteiger partial charge in [-0.25, -0.2) is 4.99 Å². The Kier molecular flexibility index (Phi) is 7.18. The zero-order valence-corrected chi connectivity index (χ0v) is 13.3. The van der Waals surface area contributed by atoms with E-state index in [0.29, 0.717) is 12.2 Å². The third kappa shape index (κ3) is 6.14. The molecular weight excluding hydrogens is 290 g/mol. The van der Waals surface area contributed by atoms with Crippen LogP contribution in [0.15, 0.2) is 23.2 Å². The van der Waals surface area contributed by atoms with Gasteiger partial charge in [-0.05, 0) is 31.7 Å². The Morgan fingerprint density at radius 1 is 1.57 bits per heavy atom. The molecule has 0 radical (unpaired) electrons. The van der Waals surface area contributed by atoms with E-state index in [1.165, 1.54) is 12.1 Å². The highest BCUT2D eigenvalue weighted by molar-refractivity contribution is 7.98. The maximum absolute atomic E-state index is 10.7. The smallest absolute Gasteiger partial charge is 0.269 e. The van der Waals surface area contributed by atoms with Crippen LogP contribution in [0, 0.1) is 17.0 Å². The number of benzene rings is 1. The van der Waals surface area contributed by atoms with Crippen molar-refractivity contribution in [2.24, 2.45) is 4.99 Å². The van der Waals surface area contributed by atoms with Crippen LogP contribution in [0.1, 0.15) is 12.5 Å². The number of aliphatic imine (C=N–C) groups is 1. The van der Waals surface area contributed by atoms with Crippen molar-refractivity contribution in [2.45, 2.75) is 20.0 Å². The zero-order chi connectivity index (χ0) is 15.8. The fraction of sp³-hybridized carbons (Fsp3) is 0.500. The Bertz CT molecular complexity index is 506. The van der Waals surface area contributed by atoms with Gasteiger partial charge in [0.25, 0.3) is 5.69 Å².